The lowest BCUT2D eigenvalue weighted by Crippen LogP contribution is -2.61. The smallest absolute Gasteiger partial charge is 0.335 e. The Labute approximate surface area is 451 Å². The number of hydrogen-bond acceptors (Lipinski definition) is 11. The summed E-state index contributed by atoms with van der Waals surface area (Å²) < 4.78 is 28.3. The van der Waals surface area contributed by atoms with E-state index in [0.29, 0.717) is 25.7 Å². The molecule has 0 aromatic carbocycles. The molecule has 3 N–H and O–H groups in total. The summed E-state index contributed by atoms with van der Waals surface area (Å²) in [4.78, 5) is 51.0. The molecule has 420 valence electrons. The van der Waals surface area contributed by atoms with Crippen molar-refractivity contribution in [1.29, 1.82) is 0 Å². The van der Waals surface area contributed by atoms with Crippen molar-refractivity contribution < 1.29 is 58.2 Å². The molecular formula is C63H96O12. The molecule has 0 spiro atoms. The number of carbonyl (C=O) groups is 4. The van der Waals surface area contributed by atoms with E-state index in [4.69, 9.17) is 23.7 Å². The monoisotopic (exact) mass is 1040 g/mol. The number of carboxylic acid groups (broad SMARTS) is 1. The van der Waals surface area contributed by atoms with Gasteiger partial charge in [-0.3, -0.25) is 14.4 Å². The summed E-state index contributed by atoms with van der Waals surface area (Å²) in [6.07, 6.45) is 57.2. The Bertz CT molecular complexity index is 1810. The maximum Gasteiger partial charge on any atom is 0.335 e. The van der Waals surface area contributed by atoms with Gasteiger partial charge in [0.1, 0.15) is 18.8 Å². The van der Waals surface area contributed by atoms with E-state index in [0.717, 1.165) is 122 Å². The third kappa shape index (κ3) is 39.9. The van der Waals surface area contributed by atoms with E-state index in [1.807, 2.05) is 0 Å². The summed E-state index contributed by atoms with van der Waals surface area (Å²) >= 11 is 0. The second-order valence-corrected chi connectivity index (χ2v) is 18.4. The van der Waals surface area contributed by atoms with Crippen molar-refractivity contribution in [2.75, 3.05) is 13.2 Å². The van der Waals surface area contributed by atoms with Crippen molar-refractivity contribution in [3.63, 3.8) is 0 Å². The Morgan fingerprint density at radius 2 is 0.800 bits per heavy atom. The number of allylic oxidation sites excluding steroid dienone is 22. The predicted octanol–water partition coefficient (Wildman–Crippen LogP) is 14.2. The first kappa shape index (κ1) is 67.9. The van der Waals surface area contributed by atoms with E-state index in [2.05, 4.69) is 154 Å². The molecule has 0 saturated carbocycles. The van der Waals surface area contributed by atoms with Gasteiger partial charge in [0.15, 0.2) is 24.6 Å². The van der Waals surface area contributed by atoms with Crippen LogP contribution in [-0.2, 0) is 42.9 Å². The molecule has 0 aromatic heterocycles. The molecule has 1 fully saturated rings. The number of aliphatic carboxylic acids is 1. The summed E-state index contributed by atoms with van der Waals surface area (Å²) in [5.74, 6) is -3.28. The van der Waals surface area contributed by atoms with Gasteiger partial charge >= 0.3 is 23.9 Å². The average molecular weight is 1050 g/mol. The van der Waals surface area contributed by atoms with Crippen molar-refractivity contribution in [3.05, 3.63) is 134 Å². The lowest BCUT2D eigenvalue weighted by Gasteiger charge is -2.40. The number of unbranched alkanes of at least 4 members (excludes halogenated alkanes) is 9. The SMILES string of the molecule is CC/C=C\C/C=C\C/C=C\C/C=C\CCCCC(=O)OCC(COC1OC(C(=O)O)C(O)C(O)C1OC(=O)CCCC/C=C\C/C=C\C/C=C\C/C=C\CC)OC(=O)CCCCCCC/C=C\C/C=C\C/C=C\CC. The van der Waals surface area contributed by atoms with E-state index in [9.17, 15) is 34.5 Å². The standard InChI is InChI=1S/C63H96O12/c1-4-7-10-13-16-19-22-25-28-31-34-37-40-43-46-49-55(64)71-52-54(73-56(65)50-47-44-41-38-35-32-29-26-23-20-17-14-11-8-5-2)53-72-63-61(59(68)58(67)60(75-63)62(69)70)74-57(66)51-48-45-42-39-36-33-30-27-24-21-18-15-12-9-6-3/h7-12,16-21,25-30,34,36-37,39,54,58-61,63,67-68H,4-6,13-15,22-24,31-33,35,38,40-53H2,1-3H3,(H,69,70)/b10-7-,11-8-,12-9-,19-16-,20-17-,21-18-,28-25-,29-26-,30-27-,37-34-,39-36-. The molecule has 1 heterocycles. The second kappa shape index (κ2) is 49.7. The number of aliphatic hydroxyl groups is 2. The number of rotatable bonds is 45. The van der Waals surface area contributed by atoms with Gasteiger partial charge in [-0.25, -0.2) is 4.79 Å². The summed E-state index contributed by atoms with van der Waals surface area (Å²) in [6.45, 7) is 5.55. The van der Waals surface area contributed by atoms with Gasteiger partial charge in [0.25, 0.3) is 0 Å². The van der Waals surface area contributed by atoms with Gasteiger partial charge in [-0.15, -0.1) is 0 Å². The Morgan fingerprint density at radius 3 is 1.24 bits per heavy atom. The Morgan fingerprint density at radius 1 is 0.440 bits per heavy atom. The minimum absolute atomic E-state index is 0.00591. The van der Waals surface area contributed by atoms with E-state index in [1.165, 1.54) is 0 Å². The highest BCUT2D eigenvalue weighted by Gasteiger charge is 2.50. The van der Waals surface area contributed by atoms with E-state index in [-0.39, 0.29) is 25.9 Å². The lowest BCUT2D eigenvalue weighted by molar-refractivity contribution is -0.301. The highest BCUT2D eigenvalue weighted by Crippen LogP contribution is 2.26. The molecule has 6 unspecified atom stereocenters. The summed E-state index contributed by atoms with van der Waals surface area (Å²) in [5, 5.41) is 31.4. The van der Waals surface area contributed by atoms with Gasteiger partial charge in [-0.1, -0.05) is 174 Å². The van der Waals surface area contributed by atoms with Crippen LogP contribution in [0, 0.1) is 0 Å². The molecule has 1 saturated heterocycles. The summed E-state index contributed by atoms with van der Waals surface area (Å²) in [7, 11) is 0. The van der Waals surface area contributed by atoms with Crippen molar-refractivity contribution in [1.82, 2.24) is 0 Å². The van der Waals surface area contributed by atoms with Crippen LogP contribution < -0.4 is 0 Å². The van der Waals surface area contributed by atoms with E-state index >= 15 is 0 Å². The zero-order chi connectivity index (χ0) is 54.7. The Balaban J connectivity index is 2.79. The molecule has 0 amide bonds. The summed E-state index contributed by atoms with van der Waals surface area (Å²) in [6, 6.07) is 0. The maximum atomic E-state index is 13.1. The van der Waals surface area contributed by atoms with Gasteiger partial charge in [0.05, 0.1) is 6.61 Å². The zero-order valence-corrected chi connectivity index (χ0v) is 46.0. The van der Waals surface area contributed by atoms with E-state index in [1.54, 1.807) is 0 Å². The molecule has 1 rings (SSSR count). The third-order valence-electron chi connectivity index (χ3n) is 11.7. The first-order chi connectivity index (χ1) is 36.6. The van der Waals surface area contributed by atoms with Crippen LogP contribution in [0.15, 0.2) is 134 Å². The highest BCUT2D eigenvalue weighted by molar-refractivity contribution is 5.74. The van der Waals surface area contributed by atoms with Crippen LogP contribution in [0.4, 0.5) is 0 Å². The lowest BCUT2D eigenvalue weighted by atomic mass is 9.98. The number of carboxylic acids is 1. The van der Waals surface area contributed by atoms with Gasteiger partial charge in [-0.05, 0) is 128 Å². The average Bonchev–Trinajstić information content (AvgIpc) is 3.39. The Kier molecular flexibility index (Phi) is 45.0. The van der Waals surface area contributed by atoms with Crippen LogP contribution in [0.5, 0.6) is 0 Å². The van der Waals surface area contributed by atoms with Gasteiger partial charge in [0.2, 0.25) is 0 Å². The van der Waals surface area contributed by atoms with Crippen LogP contribution in [0.25, 0.3) is 0 Å². The molecule has 1 aliphatic heterocycles. The molecule has 75 heavy (non-hydrogen) atoms. The largest absolute Gasteiger partial charge is 0.479 e. The maximum absolute atomic E-state index is 13.1. The minimum atomic E-state index is -1.93. The molecule has 6 atom stereocenters. The van der Waals surface area contributed by atoms with Crippen molar-refractivity contribution in [3.8, 4) is 0 Å². The highest BCUT2D eigenvalue weighted by atomic mass is 16.7. The zero-order valence-electron chi connectivity index (χ0n) is 46.0. The summed E-state index contributed by atoms with van der Waals surface area (Å²) in [5.41, 5.74) is 0. The van der Waals surface area contributed by atoms with Crippen LogP contribution in [0.1, 0.15) is 188 Å². The van der Waals surface area contributed by atoms with Gasteiger partial charge in [-0.2, -0.15) is 0 Å². The number of hydrogen-bond donors (Lipinski definition) is 3. The molecule has 0 radical (unpaired) electrons. The van der Waals surface area contributed by atoms with Gasteiger partial charge in [0, 0.05) is 19.3 Å². The van der Waals surface area contributed by atoms with Crippen LogP contribution in [0.3, 0.4) is 0 Å². The minimum Gasteiger partial charge on any atom is -0.479 e. The van der Waals surface area contributed by atoms with Crippen LogP contribution in [-0.4, -0.2) is 89.2 Å². The molecular weight excluding hydrogens is 949 g/mol. The fraction of sp³-hybridized carbons (Fsp3) is 0.587. The number of aliphatic hydroxyl groups excluding tert-OH is 2. The quantitative estimate of drug-likeness (QED) is 0.0228. The van der Waals surface area contributed by atoms with Gasteiger partial charge < -0.3 is 39.0 Å². The number of ether oxygens (including phenoxy) is 5. The predicted molar refractivity (Wildman–Crippen MR) is 303 cm³/mol. The Hall–Kier alpha value is -5.14. The number of carbonyl (C=O) groups excluding carboxylic acids is 3. The van der Waals surface area contributed by atoms with Crippen LogP contribution in [0.2, 0.25) is 0 Å². The molecule has 0 aromatic rings. The topological polar surface area (TPSA) is 175 Å². The van der Waals surface area contributed by atoms with Crippen molar-refractivity contribution >= 4 is 23.9 Å². The second-order valence-electron chi connectivity index (χ2n) is 18.4. The van der Waals surface area contributed by atoms with Crippen molar-refractivity contribution in [2.45, 2.75) is 225 Å². The fourth-order valence-corrected chi connectivity index (χ4v) is 7.48. The first-order valence-electron chi connectivity index (χ1n) is 28.2. The first-order valence-corrected chi connectivity index (χ1v) is 28.2. The molecule has 12 heteroatoms. The van der Waals surface area contributed by atoms with Crippen molar-refractivity contribution in [2.24, 2.45) is 0 Å². The fourth-order valence-electron chi connectivity index (χ4n) is 7.48. The third-order valence-corrected chi connectivity index (χ3v) is 11.7. The molecule has 0 aliphatic carbocycles. The number of esters is 3. The van der Waals surface area contributed by atoms with Crippen LogP contribution >= 0.6 is 0 Å². The molecule has 1 aliphatic rings. The van der Waals surface area contributed by atoms with E-state index < -0.39 is 67.3 Å². The molecule has 0 bridgehead atoms. The molecule has 12 nitrogen and oxygen atoms in total. The normalized spacial score (nSPS) is 19.2.